The fourth-order valence-electron chi connectivity index (χ4n) is 2.25. The lowest BCUT2D eigenvalue weighted by molar-refractivity contribution is 0.795. The van der Waals surface area contributed by atoms with Crippen LogP contribution in [0, 0.1) is 0 Å². The quantitative estimate of drug-likeness (QED) is 0.556. The van der Waals surface area contributed by atoms with Gasteiger partial charge in [-0.1, -0.05) is 60.5 Å². The first-order valence-electron chi connectivity index (χ1n) is 7.05. The highest BCUT2D eigenvalue weighted by Crippen LogP contribution is 2.36. The molecule has 1 aromatic heterocycles. The summed E-state index contributed by atoms with van der Waals surface area (Å²) in [4.78, 5) is 1.78. The average molecular weight is 337 g/mol. The van der Waals surface area contributed by atoms with Crippen molar-refractivity contribution in [1.29, 1.82) is 0 Å². The molecule has 0 saturated carbocycles. The molecule has 0 saturated heterocycles. The van der Waals surface area contributed by atoms with Crippen molar-refractivity contribution >= 4 is 27.3 Å². The van der Waals surface area contributed by atoms with E-state index in [0.717, 1.165) is 6.42 Å². The summed E-state index contributed by atoms with van der Waals surface area (Å²) in [7, 11) is 0. The highest BCUT2D eigenvalue weighted by Gasteiger charge is 2.14. The van der Waals surface area contributed by atoms with Crippen molar-refractivity contribution < 1.29 is 0 Å². The van der Waals surface area contributed by atoms with Crippen LogP contribution in [0.3, 0.4) is 0 Å². The molecule has 0 amide bonds. The first kappa shape index (κ1) is 14.8. The summed E-state index contributed by atoms with van der Waals surface area (Å²) < 4.78 is 0. The van der Waals surface area contributed by atoms with Gasteiger partial charge in [0, 0.05) is 4.88 Å². The van der Waals surface area contributed by atoms with E-state index in [4.69, 9.17) is 0 Å². The third-order valence-corrected chi connectivity index (χ3v) is 5.80. The first-order valence-corrected chi connectivity index (χ1v) is 8.85. The smallest absolute Gasteiger partial charge is 0.0740 e. The molecule has 19 heavy (non-hydrogen) atoms. The molecule has 2 rings (SSSR count). The van der Waals surface area contributed by atoms with Gasteiger partial charge in [0.2, 0.25) is 0 Å². The summed E-state index contributed by atoms with van der Waals surface area (Å²) in [5, 5.41) is 2.19. The van der Waals surface area contributed by atoms with Crippen LogP contribution in [0.1, 0.15) is 53.1 Å². The van der Waals surface area contributed by atoms with Gasteiger partial charge in [-0.2, -0.15) is 0 Å². The lowest BCUT2D eigenvalue weighted by Gasteiger charge is -2.11. The molecule has 0 bridgehead atoms. The second-order valence-corrected chi connectivity index (χ2v) is 6.73. The molecule has 0 N–H and O–H groups in total. The van der Waals surface area contributed by atoms with Gasteiger partial charge in [-0.25, -0.2) is 0 Å². The van der Waals surface area contributed by atoms with Crippen molar-refractivity contribution in [3.05, 3.63) is 57.3 Å². The molecule has 2 heteroatoms. The van der Waals surface area contributed by atoms with E-state index < -0.39 is 0 Å². The Kier molecular flexibility index (Phi) is 5.65. The SMILES string of the molecule is CCCCc1ccc(C(Br)c2sccc2CC)cc1. The molecule has 0 radical (unpaired) electrons. The van der Waals surface area contributed by atoms with Gasteiger partial charge in [-0.05, 0) is 47.4 Å². The molecular formula is C17H21BrS. The van der Waals surface area contributed by atoms with Gasteiger partial charge < -0.3 is 0 Å². The fourth-order valence-corrected chi connectivity index (χ4v) is 4.17. The number of hydrogen-bond acceptors (Lipinski definition) is 1. The van der Waals surface area contributed by atoms with Gasteiger partial charge in [0.05, 0.1) is 4.83 Å². The van der Waals surface area contributed by atoms with Gasteiger partial charge in [-0.3, -0.25) is 0 Å². The fraction of sp³-hybridized carbons (Fsp3) is 0.412. The van der Waals surface area contributed by atoms with Gasteiger partial charge >= 0.3 is 0 Å². The minimum absolute atomic E-state index is 0.336. The largest absolute Gasteiger partial charge is 0.147 e. The Morgan fingerprint density at radius 3 is 2.47 bits per heavy atom. The van der Waals surface area contributed by atoms with E-state index in [-0.39, 0.29) is 0 Å². The third-order valence-electron chi connectivity index (χ3n) is 3.48. The number of benzene rings is 1. The van der Waals surface area contributed by atoms with Crippen LogP contribution in [0.5, 0.6) is 0 Å². The highest BCUT2D eigenvalue weighted by atomic mass is 79.9. The minimum atomic E-state index is 0.336. The van der Waals surface area contributed by atoms with Crippen LogP contribution in [0.15, 0.2) is 35.7 Å². The van der Waals surface area contributed by atoms with E-state index in [9.17, 15) is 0 Å². The second kappa shape index (κ2) is 7.25. The monoisotopic (exact) mass is 336 g/mol. The Morgan fingerprint density at radius 2 is 1.84 bits per heavy atom. The molecule has 2 aromatic rings. The van der Waals surface area contributed by atoms with Gasteiger partial charge in [0.25, 0.3) is 0 Å². The van der Waals surface area contributed by atoms with Gasteiger partial charge in [-0.15, -0.1) is 11.3 Å². The Bertz CT molecular complexity index is 498. The molecule has 1 atom stereocenters. The Morgan fingerprint density at radius 1 is 1.11 bits per heavy atom. The van der Waals surface area contributed by atoms with Crippen molar-refractivity contribution in [2.24, 2.45) is 0 Å². The van der Waals surface area contributed by atoms with Gasteiger partial charge in [0.1, 0.15) is 0 Å². The van der Waals surface area contributed by atoms with Crippen molar-refractivity contribution in [2.45, 2.75) is 44.4 Å². The Labute approximate surface area is 129 Å². The molecule has 0 fully saturated rings. The van der Waals surface area contributed by atoms with E-state index in [1.807, 2.05) is 11.3 Å². The van der Waals surface area contributed by atoms with Crippen molar-refractivity contribution in [2.75, 3.05) is 0 Å². The van der Waals surface area contributed by atoms with Crippen LogP contribution in [-0.4, -0.2) is 0 Å². The third kappa shape index (κ3) is 3.70. The molecule has 0 aliphatic heterocycles. The van der Waals surface area contributed by atoms with Crippen molar-refractivity contribution in [3.63, 3.8) is 0 Å². The van der Waals surface area contributed by atoms with Crippen molar-refractivity contribution in [3.8, 4) is 0 Å². The summed E-state index contributed by atoms with van der Waals surface area (Å²) in [6, 6.07) is 11.3. The molecule has 0 spiro atoms. The van der Waals surface area contributed by atoms with E-state index in [1.165, 1.54) is 40.8 Å². The zero-order valence-corrected chi connectivity index (χ0v) is 14.1. The second-order valence-electron chi connectivity index (χ2n) is 4.87. The molecular weight excluding hydrogens is 316 g/mol. The standard InChI is InChI=1S/C17H21BrS/c1-3-5-6-13-7-9-15(10-8-13)16(18)17-14(4-2)11-12-19-17/h7-12,16H,3-6H2,1-2H3. The summed E-state index contributed by atoms with van der Waals surface area (Å²) in [5.74, 6) is 0. The highest BCUT2D eigenvalue weighted by molar-refractivity contribution is 9.09. The first-order chi connectivity index (χ1) is 9.26. The van der Waals surface area contributed by atoms with E-state index in [2.05, 4.69) is 65.5 Å². The molecule has 1 unspecified atom stereocenters. The molecule has 1 heterocycles. The van der Waals surface area contributed by atoms with Crippen LogP contribution >= 0.6 is 27.3 Å². The summed E-state index contributed by atoms with van der Waals surface area (Å²) in [5.41, 5.74) is 4.27. The number of unbranched alkanes of at least 4 members (excludes halogenated alkanes) is 1. The number of aryl methyl sites for hydroxylation is 2. The zero-order valence-electron chi connectivity index (χ0n) is 11.7. The number of hydrogen-bond donors (Lipinski definition) is 0. The van der Waals surface area contributed by atoms with Crippen LogP contribution in [0.25, 0.3) is 0 Å². The number of halogens is 1. The number of rotatable bonds is 6. The maximum absolute atomic E-state index is 3.85. The Balaban J connectivity index is 2.13. The lowest BCUT2D eigenvalue weighted by Crippen LogP contribution is -1.94. The Hall–Kier alpha value is -0.600. The summed E-state index contributed by atoms with van der Waals surface area (Å²) >= 11 is 5.70. The van der Waals surface area contributed by atoms with E-state index in [1.54, 1.807) is 0 Å². The lowest BCUT2D eigenvalue weighted by atomic mass is 10.0. The van der Waals surface area contributed by atoms with Gasteiger partial charge in [0.15, 0.2) is 0 Å². The van der Waals surface area contributed by atoms with Crippen LogP contribution < -0.4 is 0 Å². The van der Waals surface area contributed by atoms with Crippen LogP contribution in [0.2, 0.25) is 0 Å². The summed E-state index contributed by atoms with van der Waals surface area (Å²) in [6.45, 7) is 4.46. The zero-order chi connectivity index (χ0) is 13.7. The topological polar surface area (TPSA) is 0 Å². The van der Waals surface area contributed by atoms with E-state index >= 15 is 0 Å². The van der Waals surface area contributed by atoms with E-state index in [0.29, 0.717) is 4.83 Å². The predicted molar refractivity (Wildman–Crippen MR) is 89.5 cm³/mol. The molecule has 0 aliphatic carbocycles. The normalized spacial score (nSPS) is 12.6. The van der Waals surface area contributed by atoms with Crippen LogP contribution in [0.4, 0.5) is 0 Å². The number of thiophene rings is 1. The summed E-state index contributed by atoms with van der Waals surface area (Å²) in [6.07, 6.45) is 4.85. The minimum Gasteiger partial charge on any atom is -0.147 e. The molecule has 0 aliphatic rings. The van der Waals surface area contributed by atoms with Crippen molar-refractivity contribution in [1.82, 2.24) is 0 Å². The molecule has 1 aromatic carbocycles. The molecule has 0 nitrogen and oxygen atoms in total. The predicted octanol–water partition coefficient (Wildman–Crippen LogP) is 6.14. The maximum Gasteiger partial charge on any atom is 0.0740 e. The van der Waals surface area contributed by atoms with Crippen LogP contribution in [-0.2, 0) is 12.8 Å². The molecule has 102 valence electrons. The maximum atomic E-state index is 3.85. The number of alkyl halides is 1. The average Bonchev–Trinajstić information content (AvgIpc) is 2.93.